The van der Waals surface area contributed by atoms with Crippen LogP contribution in [0.3, 0.4) is 0 Å². The molecule has 206 valence electrons. The molecule has 2 heterocycles. The number of carbonyl (C=O) groups is 1. The van der Waals surface area contributed by atoms with Crippen molar-refractivity contribution in [3.8, 4) is 5.75 Å². The Morgan fingerprint density at radius 3 is 2.21 bits per heavy atom. The Morgan fingerprint density at radius 2 is 1.51 bits per heavy atom. The maximum absolute atomic E-state index is 13.2. The number of morpholine rings is 1. The Balaban J connectivity index is 1.21. The SMILES string of the molecule is O=C(COc1ccc(S(=O)(=O)N2CCOCC2)cc1)Nc1ccc2c(c1)N(S(=O)(=O)c1ccc(Cl)cc1)CC2. The van der Waals surface area contributed by atoms with Gasteiger partial charge in [0.15, 0.2) is 6.61 Å². The summed E-state index contributed by atoms with van der Waals surface area (Å²) in [6.07, 6.45) is 0.552. The van der Waals surface area contributed by atoms with Crippen LogP contribution in [0.5, 0.6) is 5.75 Å². The molecule has 0 spiro atoms. The van der Waals surface area contributed by atoms with Crippen molar-refractivity contribution in [1.29, 1.82) is 0 Å². The number of rotatable bonds is 8. The topological polar surface area (TPSA) is 122 Å². The summed E-state index contributed by atoms with van der Waals surface area (Å²) >= 11 is 5.90. The van der Waals surface area contributed by atoms with Gasteiger partial charge in [0.05, 0.1) is 28.7 Å². The van der Waals surface area contributed by atoms with Gasteiger partial charge in [-0.15, -0.1) is 0 Å². The highest BCUT2D eigenvalue weighted by atomic mass is 35.5. The number of sulfonamides is 2. The van der Waals surface area contributed by atoms with Crippen LogP contribution in [0.15, 0.2) is 76.5 Å². The zero-order chi connectivity index (χ0) is 27.6. The quantitative estimate of drug-likeness (QED) is 0.427. The molecule has 1 amide bonds. The highest BCUT2D eigenvalue weighted by Gasteiger charge is 2.31. The van der Waals surface area contributed by atoms with E-state index in [2.05, 4.69) is 5.32 Å². The summed E-state index contributed by atoms with van der Waals surface area (Å²) in [6, 6.07) is 17.0. The number of hydrogen-bond acceptors (Lipinski definition) is 7. The highest BCUT2D eigenvalue weighted by Crippen LogP contribution is 2.35. The molecule has 10 nitrogen and oxygen atoms in total. The molecule has 13 heteroatoms. The Hall–Kier alpha value is -3.16. The lowest BCUT2D eigenvalue weighted by atomic mass is 10.1. The van der Waals surface area contributed by atoms with Crippen LogP contribution < -0.4 is 14.4 Å². The van der Waals surface area contributed by atoms with Crippen LogP contribution in [0.1, 0.15) is 5.56 Å². The van der Waals surface area contributed by atoms with E-state index in [-0.39, 0.29) is 22.9 Å². The number of carbonyl (C=O) groups excluding carboxylic acids is 1. The van der Waals surface area contributed by atoms with E-state index in [1.54, 1.807) is 18.2 Å². The zero-order valence-electron chi connectivity index (χ0n) is 20.7. The van der Waals surface area contributed by atoms with Crippen molar-refractivity contribution < 1.29 is 31.1 Å². The summed E-state index contributed by atoms with van der Waals surface area (Å²) in [6.45, 7) is 1.28. The molecule has 5 rings (SSSR count). The van der Waals surface area contributed by atoms with Crippen LogP contribution in [0.2, 0.25) is 5.02 Å². The molecule has 0 aromatic heterocycles. The monoisotopic (exact) mass is 591 g/mol. The first-order valence-corrected chi connectivity index (χ1v) is 15.4. The second-order valence-electron chi connectivity index (χ2n) is 8.95. The van der Waals surface area contributed by atoms with E-state index >= 15 is 0 Å². The molecule has 1 fully saturated rings. The minimum atomic E-state index is -3.80. The van der Waals surface area contributed by atoms with E-state index in [0.29, 0.717) is 54.9 Å². The molecule has 1 N–H and O–H groups in total. The minimum Gasteiger partial charge on any atom is -0.484 e. The third-order valence-corrected chi connectivity index (χ3v) is 10.4. The van der Waals surface area contributed by atoms with Crippen molar-refractivity contribution in [2.45, 2.75) is 16.2 Å². The Bertz CT molecular complexity index is 1570. The maximum Gasteiger partial charge on any atom is 0.264 e. The molecule has 0 atom stereocenters. The second kappa shape index (κ2) is 11.1. The van der Waals surface area contributed by atoms with Gasteiger partial charge < -0.3 is 14.8 Å². The lowest BCUT2D eigenvalue weighted by molar-refractivity contribution is -0.118. The molecule has 0 saturated carbocycles. The number of benzene rings is 3. The predicted octanol–water partition coefficient (Wildman–Crippen LogP) is 3.13. The van der Waals surface area contributed by atoms with Gasteiger partial charge in [-0.25, -0.2) is 16.8 Å². The number of anilines is 2. The Labute approximate surface area is 232 Å². The van der Waals surface area contributed by atoms with Gasteiger partial charge >= 0.3 is 0 Å². The second-order valence-corrected chi connectivity index (χ2v) is 13.2. The predicted molar refractivity (Wildman–Crippen MR) is 146 cm³/mol. The molecule has 2 aliphatic heterocycles. The number of halogens is 1. The molecule has 2 aliphatic rings. The van der Waals surface area contributed by atoms with Crippen LogP contribution in [0.25, 0.3) is 0 Å². The van der Waals surface area contributed by atoms with Gasteiger partial charge in [0.2, 0.25) is 10.0 Å². The van der Waals surface area contributed by atoms with Crippen molar-refractivity contribution >= 4 is 48.9 Å². The molecule has 3 aromatic carbocycles. The van der Waals surface area contributed by atoms with Gasteiger partial charge in [-0.3, -0.25) is 9.10 Å². The number of hydrogen-bond donors (Lipinski definition) is 1. The van der Waals surface area contributed by atoms with E-state index in [0.717, 1.165) is 5.56 Å². The van der Waals surface area contributed by atoms with Crippen molar-refractivity contribution in [1.82, 2.24) is 4.31 Å². The van der Waals surface area contributed by atoms with Gasteiger partial charge in [0.1, 0.15) is 5.75 Å². The summed E-state index contributed by atoms with van der Waals surface area (Å²) in [5.41, 5.74) is 1.78. The standard InChI is InChI=1S/C26H26ClN3O7S2/c27-20-2-7-24(8-3-20)39(34,35)30-12-11-19-1-4-21(17-25(19)30)28-26(31)18-37-22-5-9-23(10-6-22)38(32,33)29-13-15-36-16-14-29/h1-10,17H,11-16,18H2,(H,28,31). The van der Waals surface area contributed by atoms with Crippen LogP contribution in [0, 0.1) is 0 Å². The molecular formula is C26H26ClN3O7S2. The first-order chi connectivity index (χ1) is 18.6. The molecule has 3 aromatic rings. The third kappa shape index (κ3) is 5.89. The maximum atomic E-state index is 13.2. The molecular weight excluding hydrogens is 566 g/mol. The summed E-state index contributed by atoms with van der Waals surface area (Å²) in [5, 5.41) is 3.16. The number of nitrogens with one attached hydrogen (secondary N) is 1. The lowest BCUT2D eigenvalue weighted by Gasteiger charge is -2.26. The third-order valence-electron chi connectivity index (χ3n) is 6.43. The molecule has 0 aliphatic carbocycles. The van der Waals surface area contributed by atoms with Gasteiger partial charge in [-0.05, 0) is 72.6 Å². The largest absolute Gasteiger partial charge is 0.484 e. The van der Waals surface area contributed by atoms with Crippen LogP contribution in [0.4, 0.5) is 11.4 Å². The van der Waals surface area contributed by atoms with E-state index in [9.17, 15) is 21.6 Å². The van der Waals surface area contributed by atoms with Gasteiger partial charge in [-0.1, -0.05) is 17.7 Å². The summed E-state index contributed by atoms with van der Waals surface area (Å²) < 4.78 is 65.3. The number of ether oxygens (including phenoxy) is 2. The van der Waals surface area contributed by atoms with Crippen molar-refractivity contribution in [2.75, 3.05) is 49.1 Å². The molecule has 1 saturated heterocycles. The lowest BCUT2D eigenvalue weighted by Crippen LogP contribution is -2.40. The first-order valence-electron chi connectivity index (χ1n) is 12.2. The number of nitrogens with zero attached hydrogens (tertiary/aromatic N) is 2. The smallest absolute Gasteiger partial charge is 0.264 e. The summed E-state index contributed by atoms with van der Waals surface area (Å²) in [4.78, 5) is 12.8. The van der Waals surface area contributed by atoms with Crippen molar-refractivity contribution in [3.05, 3.63) is 77.3 Å². The summed E-state index contributed by atoms with van der Waals surface area (Å²) in [5.74, 6) is -0.120. The van der Waals surface area contributed by atoms with E-state index in [1.807, 2.05) is 0 Å². The van der Waals surface area contributed by atoms with E-state index in [1.165, 1.54) is 57.1 Å². The molecule has 0 unspecified atom stereocenters. The fourth-order valence-electron chi connectivity index (χ4n) is 4.40. The Morgan fingerprint density at radius 1 is 0.872 bits per heavy atom. The molecule has 39 heavy (non-hydrogen) atoms. The van der Waals surface area contributed by atoms with Crippen LogP contribution >= 0.6 is 11.6 Å². The molecule has 0 bridgehead atoms. The Kier molecular flexibility index (Phi) is 7.83. The zero-order valence-corrected chi connectivity index (χ0v) is 23.1. The fourth-order valence-corrected chi connectivity index (χ4v) is 7.43. The number of fused-ring (bicyclic) bond motifs is 1. The van der Waals surface area contributed by atoms with Gasteiger partial charge in [0, 0.05) is 30.3 Å². The van der Waals surface area contributed by atoms with E-state index in [4.69, 9.17) is 21.1 Å². The summed E-state index contributed by atoms with van der Waals surface area (Å²) in [7, 11) is -7.42. The van der Waals surface area contributed by atoms with Crippen molar-refractivity contribution in [2.24, 2.45) is 0 Å². The fraction of sp³-hybridized carbons (Fsp3) is 0.269. The minimum absolute atomic E-state index is 0.131. The highest BCUT2D eigenvalue weighted by molar-refractivity contribution is 7.92. The average molecular weight is 592 g/mol. The van der Waals surface area contributed by atoms with Crippen molar-refractivity contribution in [3.63, 3.8) is 0 Å². The molecule has 0 radical (unpaired) electrons. The average Bonchev–Trinajstić information content (AvgIpc) is 3.37. The van der Waals surface area contributed by atoms with E-state index < -0.39 is 26.0 Å². The normalized spacial score (nSPS) is 16.1. The van der Waals surface area contributed by atoms with Gasteiger partial charge in [0.25, 0.3) is 15.9 Å². The first kappa shape index (κ1) is 27.4. The number of amides is 1. The van der Waals surface area contributed by atoms with Gasteiger partial charge in [-0.2, -0.15) is 4.31 Å². The van der Waals surface area contributed by atoms with Crippen LogP contribution in [-0.2, 0) is 36.0 Å². The van der Waals surface area contributed by atoms with Crippen LogP contribution in [-0.4, -0.2) is 66.5 Å².